The van der Waals surface area contributed by atoms with Crippen LogP contribution in [0.2, 0.25) is 0 Å². The number of rotatable bonds is 44. The fraction of sp³-hybridized carbons (Fsp3) is 0.958. The lowest BCUT2D eigenvalue weighted by atomic mass is 9.95. The number of hydrogen-bond donors (Lipinski definition) is 1. The van der Waals surface area contributed by atoms with Crippen molar-refractivity contribution in [3.63, 3.8) is 0 Å². The van der Waals surface area contributed by atoms with Crippen molar-refractivity contribution >= 4 is 11.9 Å². The van der Waals surface area contributed by atoms with E-state index in [9.17, 15) is 14.7 Å². The van der Waals surface area contributed by atoms with Crippen molar-refractivity contribution in [3.05, 3.63) is 0 Å². The second kappa shape index (κ2) is 43.0. The van der Waals surface area contributed by atoms with Gasteiger partial charge in [-0.3, -0.25) is 9.59 Å². The smallest absolute Gasteiger partial charge is 0.305 e. The molecule has 0 heterocycles. The number of nitrogens with zero attached hydrogens (tertiary/aromatic N) is 1. The van der Waals surface area contributed by atoms with Gasteiger partial charge in [-0.05, 0) is 95.7 Å². The molecule has 0 amide bonds. The lowest BCUT2D eigenvalue weighted by Crippen LogP contribution is -2.27. The normalized spacial score (nSPS) is 12.7. The van der Waals surface area contributed by atoms with E-state index in [1.165, 1.54) is 154 Å². The Balaban J connectivity index is 4.39. The third kappa shape index (κ3) is 37.8. The third-order valence-electron chi connectivity index (χ3n) is 11.4. The first kappa shape index (κ1) is 52.9. The Morgan fingerprint density at radius 2 is 0.704 bits per heavy atom. The SMILES string of the molecule is CCCCCCCCC(CCCCCC)COC(=O)CCCCCN(CCCCO)CCCCCC(=O)OCC(CCCCCC)CCCCCCCC. The van der Waals surface area contributed by atoms with Crippen molar-refractivity contribution in [3.8, 4) is 0 Å². The van der Waals surface area contributed by atoms with Crippen LogP contribution in [0.15, 0.2) is 0 Å². The lowest BCUT2D eigenvalue weighted by Gasteiger charge is -2.22. The minimum Gasteiger partial charge on any atom is -0.465 e. The van der Waals surface area contributed by atoms with Gasteiger partial charge in [-0.15, -0.1) is 0 Å². The highest BCUT2D eigenvalue weighted by molar-refractivity contribution is 5.69. The third-order valence-corrected chi connectivity index (χ3v) is 11.4. The van der Waals surface area contributed by atoms with E-state index in [4.69, 9.17) is 9.47 Å². The Morgan fingerprint density at radius 1 is 0.407 bits per heavy atom. The molecule has 54 heavy (non-hydrogen) atoms. The van der Waals surface area contributed by atoms with Gasteiger partial charge in [0.25, 0.3) is 0 Å². The van der Waals surface area contributed by atoms with Crippen LogP contribution in [0.25, 0.3) is 0 Å². The molecule has 1 N–H and O–H groups in total. The van der Waals surface area contributed by atoms with Crippen molar-refractivity contribution in [2.24, 2.45) is 11.8 Å². The zero-order valence-corrected chi connectivity index (χ0v) is 37.0. The maximum Gasteiger partial charge on any atom is 0.305 e. The van der Waals surface area contributed by atoms with E-state index in [1.54, 1.807) is 0 Å². The molecule has 0 aliphatic heterocycles. The molecule has 0 saturated heterocycles. The fourth-order valence-electron chi connectivity index (χ4n) is 7.68. The van der Waals surface area contributed by atoms with Gasteiger partial charge in [-0.1, -0.05) is 169 Å². The van der Waals surface area contributed by atoms with Crippen LogP contribution < -0.4 is 0 Å². The number of aliphatic hydroxyl groups is 1. The van der Waals surface area contributed by atoms with Gasteiger partial charge < -0.3 is 19.5 Å². The van der Waals surface area contributed by atoms with Crippen molar-refractivity contribution < 1.29 is 24.2 Å². The van der Waals surface area contributed by atoms with Crippen LogP contribution in [0.1, 0.15) is 246 Å². The lowest BCUT2D eigenvalue weighted by molar-refractivity contribution is -0.146. The first-order chi connectivity index (χ1) is 26.5. The zero-order valence-electron chi connectivity index (χ0n) is 37.0. The van der Waals surface area contributed by atoms with Crippen LogP contribution in [0.4, 0.5) is 0 Å². The van der Waals surface area contributed by atoms with Gasteiger partial charge in [0, 0.05) is 19.4 Å². The van der Waals surface area contributed by atoms with Gasteiger partial charge >= 0.3 is 11.9 Å². The van der Waals surface area contributed by atoms with E-state index in [1.807, 2.05) is 0 Å². The number of hydrogen-bond acceptors (Lipinski definition) is 6. The first-order valence-corrected chi connectivity index (χ1v) is 24.1. The predicted molar refractivity (Wildman–Crippen MR) is 232 cm³/mol. The van der Waals surface area contributed by atoms with Crippen molar-refractivity contribution in [2.45, 2.75) is 246 Å². The van der Waals surface area contributed by atoms with Crippen molar-refractivity contribution in [1.29, 1.82) is 0 Å². The van der Waals surface area contributed by atoms with Gasteiger partial charge in [-0.25, -0.2) is 0 Å². The van der Waals surface area contributed by atoms with Gasteiger partial charge in [0.15, 0.2) is 0 Å². The first-order valence-electron chi connectivity index (χ1n) is 24.1. The van der Waals surface area contributed by atoms with E-state index >= 15 is 0 Å². The Hall–Kier alpha value is -1.14. The molecule has 6 nitrogen and oxygen atoms in total. The van der Waals surface area contributed by atoms with Crippen LogP contribution in [-0.2, 0) is 19.1 Å². The van der Waals surface area contributed by atoms with E-state index in [0.29, 0.717) is 37.9 Å². The molecule has 0 aliphatic rings. The predicted octanol–water partition coefficient (Wildman–Crippen LogP) is 13.9. The highest BCUT2D eigenvalue weighted by Crippen LogP contribution is 2.21. The highest BCUT2D eigenvalue weighted by atomic mass is 16.5. The van der Waals surface area contributed by atoms with Gasteiger partial charge in [0.05, 0.1) is 13.2 Å². The quantitative estimate of drug-likeness (QED) is 0.0492. The standard InChI is InChI=1S/C48H95NO5/c1-5-9-13-17-19-25-35-45(33-23-15-11-7-3)43-53-47(51)37-27-21-29-39-49(41-31-32-42-50)40-30-22-28-38-48(52)54-44-46(34-24-16-12-8-4)36-26-20-18-14-10-6-2/h45-46,50H,5-44H2,1-4H3. The van der Waals surface area contributed by atoms with E-state index in [-0.39, 0.29) is 18.5 Å². The summed E-state index contributed by atoms with van der Waals surface area (Å²) >= 11 is 0. The number of carbonyl (C=O) groups is 2. The Bertz CT molecular complexity index is 718. The van der Waals surface area contributed by atoms with Crippen LogP contribution in [-0.4, -0.2) is 61.4 Å². The summed E-state index contributed by atoms with van der Waals surface area (Å²) in [7, 11) is 0. The summed E-state index contributed by atoms with van der Waals surface area (Å²) in [5.74, 6) is 1.00. The highest BCUT2D eigenvalue weighted by Gasteiger charge is 2.14. The number of aliphatic hydroxyl groups excluding tert-OH is 1. The number of carbonyl (C=O) groups excluding carboxylic acids is 2. The van der Waals surface area contributed by atoms with Gasteiger partial charge in [0.1, 0.15) is 0 Å². The molecule has 0 fully saturated rings. The Kier molecular flexibility index (Phi) is 42.1. The molecule has 2 atom stereocenters. The minimum atomic E-state index is -0.0184. The van der Waals surface area contributed by atoms with Crippen LogP contribution in [0.3, 0.4) is 0 Å². The number of ether oxygens (including phenoxy) is 2. The maximum atomic E-state index is 12.6. The fourth-order valence-corrected chi connectivity index (χ4v) is 7.68. The molecule has 0 rings (SSSR count). The van der Waals surface area contributed by atoms with Crippen LogP contribution in [0.5, 0.6) is 0 Å². The molecule has 0 aromatic heterocycles. The molecule has 0 aromatic rings. The van der Waals surface area contributed by atoms with Crippen LogP contribution >= 0.6 is 0 Å². The molecule has 0 aliphatic carbocycles. The topological polar surface area (TPSA) is 76.1 Å². The van der Waals surface area contributed by atoms with Gasteiger partial charge in [-0.2, -0.15) is 0 Å². The molecule has 0 radical (unpaired) electrons. The summed E-state index contributed by atoms with van der Waals surface area (Å²) in [6.45, 7) is 13.6. The van der Waals surface area contributed by atoms with Crippen molar-refractivity contribution in [2.75, 3.05) is 39.5 Å². The molecule has 0 bridgehead atoms. The molecule has 0 aromatic carbocycles. The average Bonchev–Trinajstić information content (AvgIpc) is 3.17. The maximum absolute atomic E-state index is 12.6. The van der Waals surface area contributed by atoms with Crippen LogP contribution in [0, 0.1) is 11.8 Å². The Morgan fingerprint density at radius 3 is 1.06 bits per heavy atom. The summed E-state index contributed by atoms with van der Waals surface area (Å²) in [5.41, 5.74) is 0. The van der Waals surface area contributed by atoms with E-state index in [0.717, 1.165) is 71.0 Å². The summed E-state index contributed by atoms with van der Waals surface area (Å²) < 4.78 is 11.6. The van der Waals surface area contributed by atoms with E-state index < -0.39 is 0 Å². The molecule has 322 valence electrons. The summed E-state index contributed by atoms with van der Waals surface area (Å²) in [6, 6.07) is 0. The molecule has 2 unspecified atom stereocenters. The summed E-state index contributed by atoms with van der Waals surface area (Å²) in [6.07, 6.45) is 39.7. The molecule has 0 spiro atoms. The summed E-state index contributed by atoms with van der Waals surface area (Å²) in [4.78, 5) is 27.8. The average molecular weight is 766 g/mol. The number of esters is 2. The molecule has 6 heteroatoms. The second-order valence-corrected chi connectivity index (χ2v) is 16.8. The van der Waals surface area contributed by atoms with Crippen molar-refractivity contribution in [1.82, 2.24) is 4.90 Å². The molecular formula is C48H95NO5. The largest absolute Gasteiger partial charge is 0.465 e. The van der Waals surface area contributed by atoms with Gasteiger partial charge in [0.2, 0.25) is 0 Å². The molecular weight excluding hydrogens is 671 g/mol. The number of unbranched alkanes of at least 4 members (excludes halogenated alkanes) is 21. The Labute approximate surface area is 337 Å². The van der Waals surface area contributed by atoms with E-state index in [2.05, 4.69) is 32.6 Å². The minimum absolute atomic E-state index is 0.0184. The zero-order chi connectivity index (χ0) is 39.6. The second-order valence-electron chi connectivity index (χ2n) is 16.8. The monoisotopic (exact) mass is 766 g/mol. The molecule has 0 saturated carbocycles. The summed E-state index contributed by atoms with van der Waals surface area (Å²) in [5, 5.41) is 9.32.